The van der Waals surface area contributed by atoms with Crippen molar-refractivity contribution in [3.05, 3.63) is 41.5 Å². The van der Waals surface area contributed by atoms with Gasteiger partial charge in [0.25, 0.3) is 0 Å². The van der Waals surface area contributed by atoms with Crippen LogP contribution in [-0.4, -0.2) is 33.7 Å². The van der Waals surface area contributed by atoms with E-state index in [1.54, 1.807) is 40.1 Å². The number of aryl methyl sites for hydroxylation is 1. The lowest BCUT2D eigenvalue weighted by Crippen LogP contribution is -2.30. The Hall–Kier alpha value is -3.54. The SMILES string of the molecule is CCCn1c(=O)n(C2CCC(CC#N)CC2)c2nc(-c3cnn4ccncc34)ncc21. The van der Waals surface area contributed by atoms with Gasteiger partial charge in [-0.25, -0.2) is 19.3 Å². The Labute approximate surface area is 179 Å². The molecule has 4 heterocycles. The maximum atomic E-state index is 13.4. The predicted molar refractivity (Wildman–Crippen MR) is 115 cm³/mol. The summed E-state index contributed by atoms with van der Waals surface area (Å²) >= 11 is 0. The Morgan fingerprint density at radius 2 is 2.00 bits per heavy atom. The zero-order valence-corrected chi connectivity index (χ0v) is 17.5. The quantitative estimate of drug-likeness (QED) is 0.494. The highest BCUT2D eigenvalue weighted by molar-refractivity contribution is 5.79. The minimum absolute atomic E-state index is 0.0198. The fourth-order valence-electron chi connectivity index (χ4n) is 4.70. The van der Waals surface area contributed by atoms with Crippen molar-refractivity contribution in [2.24, 2.45) is 5.92 Å². The van der Waals surface area contributed by atoms with Crippen LogP contribution in [0.15, 0.2) is 35.8 Å². The van der Waals surface area contributed by atoms with Gasteiger partial charge in [-0.3, -0.25) is 14.1 Å². The number of nitriles is 1. The number of imidazole rings is 1. The molecule has 0 aromatic carbocycles. The largest absolute Gasteiger partial charge is 0.330 e. The van der Waals surface area contributed by atoms with Crippen LogP contribution in [0.2, 0.25) is 0 Å². The summed E-state index contributed by atoms with van der Waals surface area (Å²) in [6, 6.07) is 2.38. The van der Waals surface area contributed by atoms with E-state index in [1.807, 2.05) is 4.57 Å². The molecule has 4 aromatic heterocycles. The van der Waals surface area contributed by atoms with Crippen molar-refractivity contribution in [2.45, 2.75) is 58.0 Å². The number of aromatic nitrogens is 7. The highest BCUT2D eigenvalue weighted by atomic mass is 16.1. The smallest absolute Gasteiger partial charge is 0.289 e. The summed E-state index contributed by atoms with van der Waals surface area (Å²) in [6.45, 7) is 2.69. The van der Waals surface area contributed by atoms with Crippen molar-refractivity contribution in [2.75, 3.05) is 0 Å². The van der Waals surface area contributed by atoms with Gasteiger partial charge in [0.05, 0.1) is 35.7 Å². The molecule has 1 aliphatic carbocycles. The van der Waals surface area contributed by atoms with E-state index < -0.39 is 0 Å². The molecule has 1 saturated carbocycles. The number of fused-ring (bicyclic) bond motifs is 2. The molecule has 158 valence electrons. The zero-order chi connectivity index (χ0) is 21.4. The third-order valence-corrected chi connectivity index (χ3v) is 6.28. The summed E-state index contributed by atoms with van der Waals surface area (Å²) in [5, 5.41) is 13.4. The van der Waals surface area contributed by atoms with E-state index >= 15 is 0 Å². The van der Waals surface area contributed by atoms with Gasteiger partial charge in [0.2, 0.25) is 0 Å². The van der Waals surface area contributed by atoms with E-state index in [4.69, 9.17) is 10.2 Å². The van der Waals surface area contributed by atoms with Gasteiger partial charge in [0.1, 0.15) is 5.52 Å². The monoisotopic (exact) mass is 416 g/mol. The molecule has 31 heavy (non-hydrogen) atoms. The second kappa shape index (κ2) is 7.95. The summed E-state index contributed by atoms with van der Waals surface area (Å²) in [7, 11) is 0. The second-order valence-corrected chi connectivity index (χ2v) is 8.21. The molecule has 0 N–H and O–H groups in total. The summed E-state index contributed by atoms with van der Waals surface area (Å²) < 4.78 is 5.39. The fourth-order valence-corrected chi connectivity index (χ4v) is 4.70. The van der Waals surface area contributed by atoms with Crippen LogP contribution in [0.4, 0.5) is 0 Å². The van der Waals surface area contributed by atoms with Crippen molar-refractivity contribution < 1.29 is 0 Å². The molecule has 0 spiro atoms. The van der Waals surface area contributed by atoms with Crippen LogP contribution in [0.1, 0.15) is 51.5 Å². The summed E-state index contributed by atoms with van der Waals surface area (Å²) in [4.78, 5) is 27.0. The first-order valence-electron chi connectivity index (χ1n) is 10.8. The van der Waals surface area contributed by atoms with Crippen LogP contribution < -0.4 is 5.69 Å². The predicted octanol–water partition coefficient (Wildman–Crippen LogP) is 3.36. The normalized spacial score (nSPS) is 19.1. The van der Waals surface area contributed by atoms with Crippen LogP contribution in [0.25, 0.3) is 28.1 Å². The van der Waals surface area contributed by atoms with Gasteiger partial charge in [-0.15, -0.1) is 0 Å². The lowest BCUT2D eigenvalue weighted by molar-refractivity contribution is 0.275. The van der Waals surface area contributed by atoms with Crippen LogP contribution in [0.5, 0.6) is 0 Å². The zero-order valence-electron chi connectivity index (χ0n) is 17.5. The molecule has 0 unspecified atom stereocenters. The summed E-state index contributed by atoms with van der Waals surface area (Å²) in [5.74, 6) is 0.966. The topological polar surface area (TPSA) is 107 Å². The molecule has 1 aliphatic rings. The van der Waals surface area contributed by atoms with E-state index in [-0.39, 0.29) is 11.7 Å². The molecular weight excluding hydrogens is 392 g/mol. The minimum Gasteiger partial charge on any atom is -0.289 e. The van der Waals surface area contributed by atoms with E-state index in [2.05, 4.69) is 28.1 Å². The third kappa shape index (κ3) is 3.28. The first kappa shape index (κ1) is 19.4. The molecule has 0 bridgehead atoms. The molecule has 0 radical (unpaired) electrons. The average molecular weight is 416 g/mol. The van der Waals surface area contributed by atoms with Crippen molar-refractivity contribution in [1.29, 1.82) is 5.26 Å². The molecule has 0 saturated heterocycles. The van der Waals surface area contributed by atoms with Crippen LogP contribution in [-0.2, 0) is 6.54 Å². The molecule has 9 heteroatoms. The lowest BCUT2D eigenvalue weighted by Gasteiger charge is -2.27. The first-order valence-corrected chi connectivity index (χ1v) is 10.8. The minimum atomic E-state index is -0.0198. The molecule has 5 rings (SSSR count). The maximum Gasteiger partial charge on any atom is 0.330 e. The summed E-state index contributed by atoms with van der Waals surface area (Å²) in [5.41, 5.74) is 3.03. The fraction of sp³-hybridized carbons (Fsp3) is 0.455. The van der Waals surface area contributed by atoms with Crippen molar-refractivity contribution in [1.82, 2.24) is 33.7 Å². The van der Waals surface area contributed by atoms with Crippen LogP contribution in [0, 0.1) is 17.2 Å². The van der Waals surface area contributed by atoms with Gasteiger partial charge in [0.15, 0.2) is 11.5 Å². The van der Waals surface area contributed by atoms with Crippen molar-refractivity contribution in [3.63, 3.8) is 0 Å². The summed E-state index contributed by atoms with van der Waals surface area (Å²) in [6.07, 6.45) is 13.8. The van der Waals surface area contributed by atoms with Gasteiger partial charge in [-0.1, -0.05) is 6.92 Å². The molecule has 1 fully saturated rings. The highest BCUT2D eigenvalue weighted by Gasteiger charge is 2.27. The maximum absolute atomic E-state index is 13.4. The van der Waals surface area contributed by atoms with Gasteiger partial charge in [0, 0.05) is 31.4 Å². The van der Waals surface area contributed by atoms with E-state index in [0.29, 0.717) is 30.4 Å². The molecular formula is C22H24N8O. The number of rotatable bonds is 5. The van der Waals surface area contributed by atoms with E-state index in [0.717, 1.165) is 48.7 Å². The lowest BCUT2D eigenvalue weighted by atomic mass is 9.84. The van der Waals surface area contributed by atoms with Gasteiger partial charge < -0.3 is 0 Å². The van der Waals surface area contributed by atoms with Gasteiger partial charge in [-0.2, -0.15) is 10.4 Å². The molecule has 9 nitrogen and oxygen atoms in total. The van der Waals surface area contributed by atoms with Crippen molar-refractivity contribution in [3.8, 4) is 17.5 Å². The Morgan fingerprint density at radius 3 is 2.77 bits per heavy atom. The Bertz CT molecular complexity index is 1330. The Morgan fingerprint density at radius 1 is 1.16 bits per heavy atom. The number of nitrogens with zero attached hydrogens (tertiary/aromatic N) is 8. The molecule has 0 atom stereocenters. The third-order valence-electron chi connectivity index (χ3n) is 6.28. The highest BCUT2D eigenvalue weighted by Crippen LogP contribution is 2.34. The second-order valence-electron chi connectivity index (χ2n) is 8.21. The number of hydrogen-bond donors (Lipinski definition) is 0. The van der Waals surface area contributed by atoms with E-state index in [9.17, 15) is 4.79 Å². The van der Waals surface area contributed by atoms with E-state index in [1.165, 1.54) is 0 Å². The average Bonchev–Trinajstić information content (AvgIpc) is 3.34. The molecule has 0 aliphatic heterocycles. The van der Waals surface area contributed by atoms with Crippen molar-refractivity contribution >= 4 is 16.7 Å². The molecule has 0 amide bonds. The van der Waals surface area contributed by atoms with Gasteiger partial charge >= 0.3 is 5.69 Å². The van der Waals surface area contributed by atoms with Crippen LogP contribution in [0.3, 0.4) is 0 Å². The first-order chi connectivity index (χ1) is 15.2. The van der Waals surface area contributed by atoms with Gasteiger partial charge in [-0.05, 0) is 38.0 Å². The number of hydrogen-bond acceptors (Lipinski definition) is 6. The Balaban J connectivity index is 1.62. The molecule has 4 aromatic rings. The van der Waals surface area contributed by atoms with Crippen LogP contribution >= 0.6 is 0 Å². The standard InChI is InChI=1S/C22H24N8O/c1-2-10-28-19-14-25-20(17-12-26-29-11-9-24-13-18(17)29)27-21(19)30(22(28)31)16-5-3-15(4-6-16)7-8-23/h9,11-16H,2-7,10H2,1H3. The Kier molecular flexibility index (Phi) is 4.98.